The lowest BCUT2D eigenvalue weighted by molar-refractivity contribution is -0.137. The van der Waals surface area contributed by atoms with Gasteiger partial charge >= 0.3 is 6.18 Å². The highest BCUT2D eigenvalue weighted by Crippen LogP contribution is 2.34. The molecule has 0 aromatic heterocycles. The molecule has 24 heavy (non-hydrogen) atoms. The summed E-state index contributed by atoms with van der Waals surface area (Å²) in [6.45, 7) is 5.33. The number of alkyl halides is 3. The van der Waals surface area contributed by atoms with Gasteiger partial charge in [-0.2, -0.15) is 13.2 Å². The molecule has 1 N–H and O–H groups in total. The molecule has 1 unspecified atom stereocenters. The Bertz CT molecular complexity index is 674. The Kier molecular flexibility index (Phi) is 4.92. The Labute approximate surface area is 140 Å². The van der Waals surface area contributed by atoms with E-state index in [0.717, 1.165) is 43.4 Å². The average Bonchev–Trinajstić information content (AvgIpc) is 2.57. The Morgan fingerprint density at radius 2 is 1.62 bits per heavy atom. The van der Waals surface area contributed by atoms with E-state index in [1.54, 1.807) is 6.07 Å². The van der Waals surface area contributed by atoms with Crippen molar-refractivity contribution in [3.8, 4) is 0 Å². The van der Waals surface area contributed by atoms with Gasteiger partial charge in [-0.15, -0.1) is 0 Å². The third-order valence-electron chi connectivity index (χ3n) is 4.44. The number of hydrogen-bond donors (Lipinski definition) is 1. The van der Waals surface area contributed by atoms with Gasteiger partial charge in [-0.25, -0.2) is 0 Å². The lowest BCUT2D eigenvalue weighted by atomic mass is 9.94. The summed E-state index contributed by atoms with van der Waals surface area (Å²) in [5.74, 6) is 0. The molecule has 0 aliphatic carbocycles. The number of piperazine rings is 1. The number of hydrogen-bond acceptors (Lipinski definition) is 2. The Morgan fingerprint density at radius 1 is 0.958 bits per heavy atom. The van der Waals surface area contributed by atoms with Gasteiger partial charge in [0.2, 0.25) is 0 Å². The molecule has 3 rings (SSSR count). The summed E-state index contributed by atoms with van der Waals surface area (Å²) < 4.78 is 39.3. The first-order valence-electron chi connectivity index (χ1n) is 8.13. The van der Waals surface area contributed by atoms with E-state index in [1.807, 2.05) is 31.2 Å². The fraction of sp³-hybridized carbons (Fsp3) is 0.368. The first-order chi connectivity index (χ1) is 11.4. The number of rotatable bonds is 3. The molecule has 5 heteroatoms. The van der Waals surface area contributed by atoms with Crippen LogP contribution in [0, 0.1) is 6.92 Å². The molecular weight excluding hydrogens is 313 g/mol. The summed E-state index contributed by atoms with van der Waals surface area (Å²) in [4.78, 5) is 2.25. The van der Waals surface area contributed by atoms with Crippen molar-refractivity contribution in [1.82, 2.24) is 10.2 Å². The van der Waals surface area contributed by atoms with E-state index in [-0.39, 0.29) is 6.04 Å². The van der Waals surface area contributed by atoms with Gasteiger partial charge in [-0.3, -0.25) is 4.90 Å². The van der Waals surface area contributed by atoms with Gasteiger partial charge in [0.1, 0.15) is 0 Å². The van der Waals surface area contributed by atoms with Crippen LogP contribution in [0.25, 0.3) is 0 Å². The van der Waals surface area contributed by atoms with Crippen LogP contribution in [0.15, 0.2) is 48.5 Å². The zero-order chi connectivity index (χ0) is 17.2. The Balaban J connectivity index is 2.02. The summed E-state index contributed by atoms with van der Waals surface area (Å²) >= 11 is 0. The second-order valence-corrected chi connectivity index (χ2v) is 6.22. The zero-order valence-electron chi connectivity index (χ0n) is 13.6. The molecule has 128 valence electrons. The highest BCUT2D eigenvalue weighted by molar-refractivity contribution is 5.36. The van der Waals surface area contributed by atoms with Crippen LogP contribution in [0.5, 0.6) is 0 Å². The third-order valence-corrected chi connectivity index (χ3v) is 4.44. The second kappa shape index (κ2) is 6.95. The topological polar surface area (TPSA) is 15.3 Å². The van der Waals surface area contributed by atoms with Gasteiger partial charge in [0, 0.05) is 26.2 Å². The van der Waals surface area contributed by atoms with Crippen molar-refractivity contribution in [2.24, 2.45) is 0 Å². The molecule has 1 atom stereocenters. The predicted octanol–water partition coefficient (Wildman–Crippen LogP) is 4.01. The molecule has 1 heterocycles. The van der Waals surface area contributed by atoms with E-state index in [2.05, 4.69) is 10.2 Å². The molecule has 2 aromatic rings. The molecule has 2 aromatic carbocycles. The first kappa shape index (κ1) is 17.0. The summed E-state index contributed by atoms with van der Waals surface area (Å²) in [6.07, 6.45) is -4.32. The molecule has 0 bridgehead atoms. The highest BCUT2D eigenvalue weighted by atomic mass is 19.4. The van der Waals surface area contributed by atoms with Crippen LogP contribution in [0.4, 0.5) is 13.2 Å². The largest absolute Gasteiger partial charge is 0.416 e. The average molecular weight is 334 g/mol. The van der Waals surface area contributed by atoms with E-state index in [4.69, 9.17) is 0 Å². The van der Waals surface area contributed by atoms with E-state index in [1.165, 1.54) is 12.1 Å². The predicted molar refractivity (Wildman–Crippen MR) is 88.9 cm³/mol. The van der Waals surface area contributed by atoms with Gasteiger partial charge in [0.25, 0.3) is 0 Å². The van der Waals surface area contributed by atoms with Gasteiger partial charge in [0.05, 0.1) is 11.6 Å². The van der Waals surface area contributed by atoms with Crippen molar-refractivity contribution in [3.63, 3.8) is 0 Å². The van der Waals surface area contributed by atoms with Crippen LogP contribution in [-0.4, -0.2) is 31.1 Å². The molecule has 0 amide bonds. The molecule has 1 saturated heterocycles. The number of nitrogens with zero attached hydrogens (tertiary/aromatic N) is 1. The highest BCUT2D eigenvalue weighted by Gasteiger charge is 2.32. The molecule has 0 saturated carbocycles. The fourth-order valence-corrected chi connectivity index (χ4v) is 3.19. The maximum Gasteiger partial charge on any atom is 0.416 e. The second-order valence-electron chi connectivity index (χ2n) is 6.22. The fourth-order valence-electron chi connectivity index (χ4n) is 3.19. The monoisotopic (exact) mass is 334 g/mol. The van der Waals surface area contributed by atoms with Crippen LogP contribution >= 0.6 is 0 Å². The number of aryl methyl sites for hydroxylation is 1. The van der Waals surface area contributed by atoms with E-state index in [9.17, 15) is 13.2 Å². The van der Waals surface area contributed by atoms with Crippen molar-refractivity contribution >= 4 is 0 Å². The third kappa shape index (κ3) is 3.79. The van der Waals surface area contributed by atoms with Gasteiger partial charge in [-0.05, 0) is 30.2 Å². The lowest BCUT2D eigenvalue weighted by Gasteiger charge is -2.36. The van der Waals surface area contributed by atoms with Gasteiger partial charge in [-0.1, -0.05) is 42.0 Å². The smallest absolute Gasteiger partial charge is 0.314 e. The molecule has 1 aliphatic heterocycles. The number of nitrogens with one attached hydrogen (secondary N) is 1. The summed E-state index contributed by atoms with van der Waals surface area (Å²) in [5, 5.41) is 3.30. The van der Waals surface area contributed by atoms with E-state index < -0.39 is 11.7 Å². The summed E-state index contributed by atoms with van der Waals surface area (Å²) in [6, 6.07) is 13.6. The van der Waals surface area contributed by atoms with Crippen molar-refractivity contribution in [1.29, 1.82) is 0 Å². The van der Waals surface area contributed by atoms with E-state index in [0.29, 0.717) is 5.56 Å². The molecule has 0 radical (unpaired) electrons. The van der Waals surface area contributed by atoms with Crippen molar-refractivity contribution < 1.29 is 13.2 Å². The Hall–Kier alpha value is -1.85. The zero-order valence-corrected chi connectivity index (χ0v) is 13.6. The van der Waals surface area contributed by atoms with Crippen LogP contribution in [-0.2, 0) is 6.18 Å². The van der Waals surface area contributed by atoms with Crippen LogP contribution < -0.4 is 5.32 Å². The van der Waals surface area contributed by atoms with Crippen LogP contribution in [0.2, 0.25) is 0 Å². The number of benzene rings is 2. The van der Waals surface area contributed by atoms with Crippen molar-refractivity contribution in [2.45, 2.75) is 19.1 Å². The quantitative estimate of drug-likeness (QED) is 0.912. The molecule has 1 fully saturated rings. The van der Waals surface area contributed by atoms with Crippen molar-refractivity contribution in [3.05, 3.63) is 70.8 Å². The molecule has 0 spiro atoms. The maximum absolute atomic E-state index is 13.1. The van der Waals surface area contributed by atoms with Gasteiger partial charge < -0.3 is 5.32 Å². The maximum atomic E-state index is 13.1. The van der Waals surface area contributed by atoms with Crippen LogP contribution in [0.3, 0.4) is 0 Å². The normalized spacial score (nSPS) is 17.7. The van der Waals surface area contributed by atoms with Gasteiger partial charge in [0.15, 0.2) is 0 Å². The molecule has 2 nitrogen and oxygen atoms in total. The minimum absolute atomic E-state index is 0.157. The first-order valence-corrected chi connectivity index (χ1v) is 8.13. The summed E-state index contributed by atoms with van der Waals surface area (Å²) in [7, 11) is 0. The van der Waals surface area contributed by atoms with Crippen LogP contribution in [0.1, 0.15) is 28.3 Å². The lowest BCUT2D eigenvalue weighted by Crippen LogP contribution is -2.45. The SMILES string of the molecule is Cc1ccc(C(c2cccc(C(F)(F)F)c2)N2CCNCC2)cc1. The standard InChI is InChI=1S/C19H21F3N2/c1-14-5-7-15(8-6-14)18(24-11-9-23-10-12-24)16-3-2-4-17(13-16)19(20,21)22/h2-8,13,18,23H,9-12H2,1H3. The number of halogens is 3. The molecule has 1 aliphatic rings. The van der Waals surface area contributed by atoms with E-state index >= 15 is 0 Å². The minimum Gasteiger partial charge on any atom is -0.314 e. The summed E-state index contributed by atoms with van der Waals surface area (Å²) in [5.41, 5.74) is 2.27. The molecular formula is C19H21F3N2. The Morgan fingerprint density at radius 3 is 2.25 bits per heavy atom. The van der Waals surface area contributed by atoms with Crippen molar-refractivity contribution in [2.75, 3.05) is 26.2 Å². The minimum atomic E-state index is -4.32.